The van der Waals surface area contributed by atoms with E-state index in [0.717, 1.165) is 5.69 Å². The monoisotopic (exact) mass is 517 g/mol. The van der Waals surface area contributed by atoms with Gasteiger partial charge in [0.25, 0.3) is 0 Å². The number of hydrogen-bond donors (Lipinski definition) is 0. The molecule has 0 spiro atoms. The van der Waals surface area contributed by atoms with Gasteiger partial charge < -0.3 is 0 Å². The van der Waals surface area contributed by atoms with E-state index in [2.05, 4.69) is 102 Å². The van der Waals surface area contributed by atoms with Crippen molar-refractivity contribution in [1.82, 2.24) is 4.98 Å². The molecule has 25 heavy (non-hydrogen) atoms. The fourth-order valence-corrected chi connectivity index (χ4v) is 11.9. The van der Waals surface area contributed by atoms with Gasteiger partial charge >= 0.3 is 157 Å². The molecule has 4 rings (SSSR count). The van der Waals surface area contributed by atoms with E-state index in [9.17, 15) is 0 Å². The molecule has 0 amide bonds. The van der Waals surface area contributed by atoms with Crippen LogP contribution in [-0.4, -0.2) is 26.7 Å². The van der Waals surface area contributed by atoms with E-state index >= 15 is 0 Å². The minimum atomic E-state index is -2.29. The van der Waals surface area contributed by atoms with Crippen LogP contribution in [0.25, 0.3) is 11.3 Å². The number of nitrogens with zero attached hydrogens (tertiary/aromatic N) is 1. The molecule has 1 heterocycles. The Bertz CT molecular complexity index is 898. The first-order valence-electron chi connectivity index (χ1n) is 8.33. The van der Waals surface area contributed by atoms with Crippen molar-refractivity contribution in [1.29, 1.82) is 0 Å². The zero-order valence-corrected chi connectivity index (χ0v) is 17.3. The maximum absolute atomic E-state index is 4.61. The van der Waals surface area contributed by atoms with E-state index in [1.807, 2.05) is 12.3 Å². The van der Waals surface area contributed by atoms with E-state index in [-0.39, 0.29) is 0 Å². The first-order valence-corrected chi connectivity index (χ1v) is 13.5. The number of hydrogen-bond acceptors (Lipinski definition) is 1. The summed E-state index contributed by atoms with van der Waals surface area (Å²) in [6.07, 6.45) is 1.96. The predicted octanol–water partition coefficient (Wildman–Crippen LogP) is 3.26. The van der Waals surface area contributed by atoms with Crippen LogP contribution < -0.4 is 9.81 Å². The molecule has 2 heteroatoms. The van der Waals surface area contributed by atoms with E-state index in [1.54, 1.807) is 0 Å². The molecular formula is C23H18BiN. The molecule has 0 bridgehead atoms. The van der Waals surface area contributed by atoms with Gasteiger partial charge in [-0.2, -0.15) is 0 Å². The van der Waals surface area contributed by atoms with Crippen LogP contribution in [0.15, 0.2) is 109 Å². The van der Waals surface area contributed by atoms with Gasteiger partial charge in [-0.05, 0) is 0 Å². The van der Waals surface area contributed by atoms with Crippen LogP contribution in [0.3, 0.4) is 0 Å². The molecule has 0 fully saturated rings. The topological polar surface area (TPSA) is 12.9 Å². The van der Waals surface area contributed by atoms with E-state index in [4.69, 9.17) is 0 Å². The molecule has 0 radical (unpaired) electrons. The van der Waals surface area contributed by atoms with Crippen molar-refractivity contribution < 1.29 is 0 Å². The van der Waals surface area contributed by atoms with Gasteiger partial charge in [0.05, 0.1) is 0 Å². The van der Waals surface area contributed by atoms with Crippen LogP contribution in [0.1, 0.15) is 0 Å². The van der Waals surface area contributed by atoms with Gasteiger partial charge in [0.15, 0.2) is 0 Å². The van der Waals surface area contributed by atoms with Crippen molar-refractivity contribution in [3.05, 3.63) is 109 Å². The summed E-state index contributed by atoms with van der Waals surface area (Å²) < 4.78 is 4.45. The molecule has 0 unspecified atom stereocenters. The van der Waals surface area contributed by atoms with E-state index < -0.39 is 21.8 Å². The zero-order chi connectivity index (χ0) is 16.9. The first-order chi connectivity index (χ1) is 12.4. The average molecular weight is 517 g/mol. The first kappa shape index (κ1) is 16.2. The van der Waals surface area contributed by atoms with Crippen molar-refractivity contribution in [2.24, 2.45) is 0 Å². The van der Waals surface area contributed by atoms with Gasteiger partial charge in [0.1, 0.15) is 0 Å². The van der Waals surface area contributed by atoms with Crippen LogP contribution in [0.4, 0.5) is 0 Å². The van der Waals surface area contributed by atoms with E-state index in [0.29, 0.717) is 0 Å². The molecular weight excluding hydrogens is 499 g/mol. The van der Waals surface area contributed by atoms with Crippen LogP contribution in [0.5, 0.6) is 0 Å². The normalized spacial score (nSPS) is 10.8. The van der Waals surface area contributed by atoms with Crippen molar-refractivity contribution in [2.75, 3.05) is 0 Å². The maximum atomic E-state index is 4.61. The Morgan fingerprint density at radius 2 is 1.04 bits per heavy atom. The molecule has 0 atom stereocenters. The van der Waals surface area contributed by atoms with Gasteiger partial charge in [0, 0.05) is 0 Å². The molecule has 0 aliphatic heterocycles. The number of rotatable bonds is 4. The zero-order valence-electron chi connectivity index (χ0n) is 13.8. The summed E-state index contributed by atoms with van der Waals surface area (Å²) in [7, 11) is 0. The van der Waals surface area contributed by atoms with Gasteiger partial charge in [-0.15, -0.1) is 0 Å². The third-order valence-corrected chi connectivity index (χ3v) is 13.5. The average Bonchev–Trinajstić information content (AvgIpc) is 2.71. The summed E-state index contributed by atoms with van der Waals surface area (Å²) in [5.41, 5.74) is 2.24. The fourth-order valence-electron chi connectivity index (χ4n) is 2.93. The molecule has 3 aromatic carbocycles. The van der Waals surface area contributed by atoms with Crippen LogP contribution in [0, 0.1) is 0 Å². The van der Waals surface area contributed by atoms with Crippen LogP contribution in [0.2, 0.25) is 0 Å². The predicted molar refractivity (Wildman–Crippen MR) is 107 cm³/mol. The third kappa shape index (κ3) is 3.70. The molecule has 0 N–H and O–H groups in total. The number of benzene rings is 3. The standard InChI is InChI=1S/C11H8N.2C6H5.Bi/c1-2-6-10(7-3-1)11-8-4-5-9-12-11;2*1-2-4-6-5-3-1;/h1-3,5-9H;2*1-5H;. The van der Waals surface area contributed by atoms with Crippen molar-refractivity contribution in [3.8, 4) is 11.3 Å². The SMILES string of the molecule is c1ccc(-c2c[c]([Bi]([c]3ccccc3)[c]3ccccc3)ccn2)cc1. The Hall–Kier alpha value is -2.31. The second-order valence-electron chi connectivity index (χ2n) is 5.77. The minimum absolute atomic E-state index is 1.06. The molecule has 4 aromatic rings. The quantitative estimate of drug-likeness (QED) is 0.379. The summed E-state index contributed by atoms with van der Waals surface area (Å²) >= 11 is -2.29. The van der Waals surface area contributed by atoms with Crippen LogP contribution in [-0.2, 0) is 0 Å². The molecule has 120 valence electrons. The van der Waals surface area contributed by atoms with Gasteiger partial charge in [-0.25, -0.2) is 0 Å². The third-order valence-electron chi connectivity index (χ3n) is 4.10. The van der Waals surface area contributed by atoms with Crippen molar-refractivity contribution in [3.63, 3.8) is 0 Å². The summed E-state index contributed by atoms with van der Waals surface area (Å²) in [6.45, 7) is 0. The number of aromatic nitrogens is 1. The van der Waals surface area contributed by atoms with Gasteiger partial charge in [-0.1, -0.05) is 0 Å². The van der Waals surface area contributed by atoms with Crippen molar-refractivity contribution >= 4 is 31.6 Å². The Balaban J connectivity index is 1.83. The Morgan fingerprint density at radius 1 is 0.520 bits per heavy atom. The Morgan fingerprint density at radius 3 is 1.60 bits per heavy atom. The summed E-state index contributed by atoms with van der Waals surface area (Å²) in [5, 5.41) is 0. The number of pyridine rings is 1. The summed E-state index contributed by atoms with van der Waals surface area (Å²) in [4.78, 5) is 4.61. The second-order valence-corrected chi connectivity index (χ2v) is 14.4. The summed E-state index contributed by atoms with van der Waals surface area (Å²) in [6, 6.07) is 36.9. The molecule has 0 saturated heterocycles. The van der Waals surface area contributed by atoms with Gasteiger partial charge in [0.2, 0.25) is 0 Å². The fraction of sp³-hybridized carbons (Fsp3) is 0. The molecule has 0 aliphatic carbocycles. The van der Waals surface area contributed by atoms with Gasteiger partial charge in [-0.3, -0.25) is 0 Å². The Labute approximate surface area is 156 Å². The van der Waals surface area contributed by atoms with Crippen molar-refractivity contribution in [2.45, 2.75) is 0 Å². The molecule has 0 aliphatic rings. The molecule has 1 nitrogen and oxygen atoms in total. The second kappa shape index (κ2) is 7.72. The Kier molecular flexibility index (Phi) is 4.99. The van der Waals surface area contributed by atoms with Crippen LogP contribution >= 0.6 is 0 Å². The summed E-state index contributed by atoms with van der Waals surface area (Å²) in [5.74, 6) is 0. The molecule has 0 saturated carbocycles. The molecule has 1 aromatic heterocycles. The van der Waals surface area contributed by atoms with E-state index in [1.165, 1.54) is 15.4 Å².